The fourth-order valence-corrected chi connectivity index (χ4v) is 2.07. The molecule has 5 nitrogen and oxygen atoms in total. The van der Waals surface area contributed by atoms with Crippen molar-refractivity contribution >= 4 is 24.0 Å². The van der Waals surface area contributed by atoms with Crippen LogP contribution in [-0.4, -0.2) is 18.4 Å². The molecule has 0 aliphatic heterocycles. The van der Waals surface area contributed by atoms with Crippen LogP contribution in [0.25, 0.3) is 12.2 Å². The van der Waals surface area contributed by atoms with Crippen molar-refractivity contribution in [3.63, 3.8) is 0 Å². The number of nitrogens with one attached hydrogen (secondary N) is 2. The Labute approximate surface area is 147 Å². The molecule has 0 aliphatic rings. The van der Waals surface area contributed by atoms with Gasteiger partial charge in [-0.2, -0.15) is 0 Å². The lowest BCUT2D eigenvalue weighted by atomic mass is 10.2. The lowest BCUT2D eigenvalue weighted by Gasteiger charge is -2.09. The van der Waals surface area contributed by atoms with E-state index in [1.807, 2.05) is 37.3 Å². The first kappa shape index (κ1) is 18.3. The van der Waals surface area contributed by atoms with Crippen molar-refractivity contribution in [3.8, 4) is 0 Å². The zero-order chi connectivity index (χ0) is 17.9. The van der Waals surface area contributed by atoms with Crippen LogP contribution in [0.3, 0.4) is 0 Å². The van der Waals surface area contributed by atoms with Gasteiger partial charge in [0.05, 0.1) is 6.26 Å². The minimum Gasteiger partial charge on any atom is -0.465 e. The number of furan rings is 1. The molecule has 0 radical (unpaired) electrons. The van der Waals surface area contributed by atoms with E-state index in [2.05, 4.69) is 10.6 Å². The Kier molecular flexibility index (Phi) is 7.25. The summed E-state index contributed by atoms with van der Waals surface area (Å²) in [4.78, 5) is 24.5. The summed E-state index contributed by atoms with van der Waals surface area (Å²) in [6.45, 7) is 2.62. The van der Waals surface area contributed by atoms with Gasteiger partial charge in [-0.25, -0.2) is 0 Å². The molecule has 2 amide bonds. The Morgan fingerprint density at radius 1 is 1.12 bits per heavy atom. The summed E-state index contributed by atoms with van der Waals surface area (Å²) in [5.74, 6) is -0.141. The first-order valence-electron chi connectivity index (χ1n) is 8.26. The van der Waals surface area contributed by atoms with Crippen molar-refractivity contribution in [2.24, 2.45) is 0 Å². The molecule has 0 atom stereocenters. The molecule has 0 spiro atoms. The summed E-state index contributed by atoms with van der Waals surface area (Å²) in [5, 5.41) is 5.45. The van der Waals surface area contributed by atoms with Gasteiger partial charge in [-0.3, -0.25) is 9.59 Å². The Balaban J connectivity index is 2.09. The van der Waals surface area contributed by atoms with E-state index in [1.54, 1.807) is 24.3 Å². The molecule has 2 rings (SSSR count). The van der Waals surface area contributed by atoms with Gasteiger partial charge in [0.2, 0.25) is 5.91 Å². The molecule has 0 saturated carbocycles. The van der Waals surface area contributed by atoms with Crippen molar-refractivity contribution in [2.45, 2.75) is 19.8 Å². The lowest BCUT2D eigenvalue weighted by Crippen LogP contribution is -2.34. The van der Waals surface area contributed by atoms with Gasteiger partial charge in [0.1, 0.15) is 11.5 Å². The highest BCUT2D eigenvalue weighted by Gasteiger charge is 2.11. The van der Waals surface area contributed by atoms with Gasteiger partial charge in [-0.1, -0.05) is 43.7 Å². The summed E-state index contributed by atoms with van der Waals surface area (Å²) >= 11 is 0. The maximum Gasteiger partial charge on any atom is 0.267 e. The number of unbranched alkanes of at least 4 members (excludes halogenated alkanes) is 1. The van der Waals surface area contributed by atoms with Gasteiger partial charge in [-0.05, 0) is 36.3 Å². The molecule has 1 aromatic heterocycles. The number of carbonyl (C=O) groups is 2. The van der Waals surface area contributed by atoms with Crippen molar-refractivity contribution in [3.05, 3.63) is 71.8 Å². The second-order valence-corrected chi connectivity index (χ2v) is 5.42. The number of carbonyl (C=O) groups excluding carboxylic acids is 2. The Hall–Kier alpha value is -3.08. The Bertz CT molecular complexity index is 732. The smallest absolute Gasteiger partial charge is 0.267 e. The average Bonchev–Trinajstić information content (AvgIpc) is 3.14. The van der Waals surface area contributed by atoms with E-state index in [4.69, 9.17) is 4.42 Å². The maximum atomic E-state index is 12.4. The highest BCUT2D eigenvalue weighted by atomic mass is 16.3. The molecular weight excluding hydrogens is 316 g/mol. The van der Waals surface area contributed by atoms with Crippen LogP contribution in [0.5, 0.6) is 0 Å². The van der Waals surface area contributed by atoms with Gasteiger partial charge < -0.3 is 15.1 Å². The van der Waals surface area contributed by atoms with E-state index < -0.39 is 5.91 Å². The summed E-state index contributed by atoms with van der Waals surface area (Å²) < 4.78 is 5.14. The quantitative estimate of drug-likeness (QED) is 0.573. The van der Waals surface area contributed by atoms with E-state index in [9.17, 15) is 9.59 Å². The summed E-state index contributed by atoms with van der Waals surface area (Å²) in [5.41, 5.74) is 1.04. The van der Waals surface area contributed by atoms with Crippen molar-refractivity contribution in [1.82, 2.24) is 10.6 Å². The monoisotopic (exact) mass is 338 g/mol. The summed E-state index contributed by atoms with van der Waals surface area (Å²) in [6, 6.07) is 12.8. The van der Waals surface area contributed by atoms with Gasteiger partial charge in [0.15, 0.2) is 0 Å². The van der Waals surface area contributed by atoms with E-state index in [0.29, 0.717) is 12.3 Å². The maximum absolute atomic E-state index is 12.4. The summed E-state index contributed by atoms with van der Waals surface area (Å²) in [6.07, 6.45) is 7.92. The third-order valence-electron chi connectivity index (χ3n) is 3.37. The van der Waals surface area contributed by atoms with Crippen LogP contribution < -0.4 is 10.6 Å². The Morgan fingerprint density at radius 2 is 1.92 bits per heavy atom. The van der Waals surface area contributed by atoms with Crippen molar-refractivity contribution < 1.29 is 14.0 Å². The van der Waals surface area contributed by atoms with Crippen LogP contribution in [-0.2, 0) is 9.59 Å². The van der Waals surface area contributed by atoms with Crippen molar-refractivity contribution in [1.29, 1.82) is 0 Å². The molecule has 2 N–H and O–H groups in total. The van der Waals surface area contributed by atoms with Gasteiger partial charge in [0, 0.05) is 12.6 Å². The molecule has 0 fully saturated rings. The zero-order valence-electron chi connectivity index (χ0n) is 14.2. The van der Waals surface area contributed by atoms with Crippen LogP contribution in [0.1, 0.15) is 31.1 Å². The molecule has 25 heavy (non-hydrogen) atoms. The number of benzene rings is 1. The normalized spacial score (nSPS) is 11.5. The highest BCUT2D eigenvalue weighted by molar-refractivity contribution is 6.04. The lowest BCUT2D eigenvalue weighted by molar-refractivity contribution is -0.121. The van der Waals surface area contributed by atoms with Gasteiger partial charge in [-0.15, -0.1) is 0 Å². The third-order valence-corrected chi connectivity index (χ3v) is 3.37. The van der Waals surface area contributed by atoms with E-state index in [0.717, 1.165) is 18.4 Å². The van der Waals surface area contributed by atoms with E-state index >= 15 is 0 Å². The topological polar surface area (TPSA) is 71.3 Å². The first-order valence-corrected chi connectivity index (χ1v) is 8.26. The van der Waals surface area contributed by atoms with E-state index in [1.165, 1.54) is 12.3 Å². The van der Waals surface area contributed by atoms with Crippen molar-refractivity contribution in [2.75, 3.05) is 6.54 Å². The number of hydrogen-bond donors (Lipinski definition) is 2. The zero-order valence-corrected chi connectivity index (χ0v) is 14.2. The van der Waals surface area contributed by atoms with Crippen LogP contribution in [0, 0.1) is 0 Å². The minimum atomic E-state index is -0.399. The minimum absolute atomic E-state index is 0.205. The molecule has 0 saturated heterocycles. The molecule has 5 heteroatoms. The van der Waals surface area contributed by atoms with Gasteiger partial charge in [0.25, 0.3) is 5.91 Å². The number of amides is 2. The largest absolute Gasteiger partial charge is 0.465 e. The molecule has 0 bridgehead atoms. The second kappa shape index (κ2) is 9.93. The molecule has 2 aromatic rings. The number of rotatable bonds is 8. The SMILES string of the molecule is CCCCNC(=O)/C(=C\c1ccccc1)NC(=O)/C=C/c1ccco1. The van der Waals surface area contributed by atoms with Crippen LogP contribution in [0.2, 0.25) is 0 Å². The van der Waals surface area contributed by atoms with Gasteiger partial charge >= 0.3 is 0 Å². The third kappa shape index (κ3) is 6.51. The fourth-order valence-electron chi connectivity index (χ4n) is 2.07. The second-order valence-electron chi connectivity index (χ2n) is 5.42. The van der Waals surface area contributed by atoms with Crippen LogP contribution >= 0.6 is 0 Å². The Morgan fingerprint density at radius 3 is 2.60 bits per heavy atom. The highest BCUT2D eigenvalue weighted by Crippen LogP contribution is 2.06. The molecule has 0 unspecified atom stereocenters. The molecule has 0 aliphatic carbocycles. The molecule has 130 valence electrons. The standard InChI is InChI=1S/C20H22N2O3/c1-2-3-13-21-20(24)18(15-16-8-5-4-6-9-16)22-19(23)12-11-17-10-7-14-25-17/h4-12,14-15H,2-3,13H2,1H3,(H,21,24)(H,22,23)/b12-11+,18-15+. The average molecular weight is 338 g/mol. The molecule has 1 heterocycles. The summed E-state index contributed by atoms with van der Waals surface area (Å²) in [7, 11) is 0. The predicted molar refractivity (Wildman–Crippen MR) is 98.2 cm³/mol. The molecule has 1 aromatic carbocycles. The van der Waals surface area contributed by atoms with Crippen LogP contribution in [0.4, 0.5) is 0 Å². The van der Waals surface area contributed by atoms with E-state index in [-0.39, 0.29) is 11.6 Å². The molecular formula is C20H22N2O3. The fraction of sp³-hybridized carbons (Fsp3) is 0.200. The first-order chi connectivity index (χ1) is 12.2. The van der Waals surface area contributed by atoms with Crippen LogP contribution in [0.15, 0.2) is 64.9 Å². The predicted octanol–water partition coefficient (Wildman–Crippen LogP) is 3.37. The number of hydrogen-bond acceptors (Lipinski definition) is 3.